The van der Waals surface area contributed by atoms with E-state index in [0.29, 0.717) is 5.52 Å². The number of non-ortho nitro benzene ring substituents is 1. The van der Waals surface area contributed by atoms with Crippen molar-refractivity contribution in [2.75, 3.05) is 6.61 Å². The lowest BCUT2D eigenvalue weighted by molar-refractivity contribution is -0.384. The molecule has 6 heteroatoms. The number of aliphatic hydroxyl groups excluding tert-OH is 1. The number of nitrogens with zero attached hydrogens (tertiary/aromatic N) is 3. The number of imidazole rings is 1. The van der Waals surface area contributed by atoms with Crippen LogP contribution in [-0.2, 0) is 6.54 Å². The predicted octanol–water partition coefficient (Wildman–Crippen LogP) is 1.72. The van der Waals surface area contributed by atoms with Crippen molar-refractivity contribution in [3.63, 3.8) is 0 Å². The van der Waals surface area contributed by atoms with Gasteiger partial charge in [-0.1, -0.05) is 0 Å². The molecule has 0 unspecified atom stereocenters. The topological polar surface area (TPSA) is 81.2 Å². The fourth-order valence-corrected chi connectivity index (χ4v) is 1.74. The number of benzene rings is 1. The molecule has 0 aliphatic rings. The molecule has 0 atom stereocenters. The molecule has 90 valence electrons. The highest BCUT2D eigenvalue weighted by Gasteiger charge is 2.09. The molecule has 1 aromatic heterocycles. The molecule has 0 amide bonds. The minimum atomic E-state index is -0.426. The molecule has 1 heterocycles. The Bertz CT molecular complexity index is 536. The van der Waals surface area contributed by atoms with Crippen molar-refractivity contribution in [3.05, 3.63) is 34.6 Å². The van der Waals surface area contributed by atoms with E-state index in [9.17, 15) is 10.1 Å². The summed E-state index contributed by atoms with van der Waals surface area (Å²) >= 11 is 0. The van der Waals surface area contributed by atoms with E-state index in [0.717, 1.165) is 24.9 Å². The number of unbranched alkanes of at least 4 members (excludes halogenated alkanes) is 1. The third-order valence-corrected chi connectivity index (χ3v) is 2.62. The number of aromatic nitrogens is 2. The highest BCUT2D eigenvalue weighted by molar-refractivity contribution is 5.77. The van der Waals surface area contributed by atoms with Gasteiger partial charge in [-0.05, 0) is 18.9 Å². The third-order valence-electron chi connectivity index (χ3n) is 2.62. The van der Waals surface area contributed by atoms with Crippen LogP contribution in [0.3, 0.4) is 0 Å². The van der Waals surface area contributed by atoms with Gasteiger partial charge in [0.1, 0.15) is 0 Å². The number of hydrogen-bond donors (Lipinski definition) is 1. The van der Waals surface area contributed by atoms with Crippen molar-refractivity contribution < 1.29 is 10.0 Å². The maximum Gasteiger partial charge on any atom is 0.271 e. The molecule has 0 saturated carbocycles. The van der Waals surface area contributed by atoms with E-state index in [1.807, 2.05) is 4.57 Å². The smallest absolute Gasteiger partial charge is 0.271 e. The van der Waals surface area contributed by atoms with Gasteiger partial charge in [-0.2, -0.15) is 0 Å². The van der Waals surface area contributed by atoms with Gasteiger partial charge in [0.25, 0.3) is 5.69 Å². The molecule has 0 radical (unpaired) electrons. The van der Waals surface area contributed by atoms with Crippen LogP contribution in [0.4, 0.5) is 5.69 Å². The molecule has 1 aromatic carbocycles. The van der Waals surface area contributed by atoms with Crippen molar-refractivity contribution in [2.24, 2.45) is 0 Å². The molecule has 2 aromatic rings. The maximum atomic E-state index is 10.6. The van der Waals surface area contributed by atoms with Gasteiger partial charge in [0, 0.05) is 25.3 Å². The van der Waals surface area contributed by atoms with Crippen molar-refractivity contribution >= 4 is 16.7 Å². The van der Waals surface area contributed by atoms with Crippen LogP contribution in [-0.4, -0.2) is 26.2 Å². The Morgan fingerprint density at radius 2 is 2.24 bits per heavy atom. The molecule has 2 rings (SSSR count). The summed E-state index contributed by atoms with van der Waals surface area (Å²) in [4.78, 5) is 14.3. The lowest BCUT2D eigenvalue weighted by atomic mass is 10.2. The van der Waals surface area contributed by atoms with E-state index in [1.54, 1.807) is 12.4 Å². The summed E-state index contributed by atoms with van der Waals surface area (Å²) in [5.74, 6) is 0. The molecule has 17 heavy (non-hydrogen) atoms. The van der Waals surface area contributed by atoms with Gasteiger partial charge in [0.15, 0.2) is 0 Å². The van der Waals surface area contributed by atoms with Crippen molar-refractivity contribution in [3.8, 4) is 0 Å². The highest BCUT2D eigenvalue weighted by Crippen LogP contribution is 2.19. The molecule has 6 nitrogen and oxygen atoms in total. The normalized spacial score (nSPS) is 10.9. The zero-order chi connectivity index (χ0) is 12.3. The van der Waals surface area contributed by atoms with Gasteiger partial charge in [0.05, 0.1) is 22.3 Å². The largest absolute Gasteiger partial charge is 0.396 e. The van der Waals surface area contributed by atoms with Crippen LogP contribution < -0.4 is 0 Å². The Kier molecular flexibility index (Phi) is 3.34. The van der Waals surface area contributed by atoms with Crippen molar-refractivity contribution in [1.29, 1.82) is 0 Å². The van der Waals surface area contributed by atoms with E-state index in [4.69, 9.17) is 5.11 Å². The van der Waals surface area contributed by atoms with Gasteiger partial charge in [-0.15, -0.1) is 0 Å². The number of fused-ring (bicyclic) bond motifs is 1. The average Bonchev–Trinajstić information content (AvgIpc) is 2.72. The first kappa shape index (κ1) is 11.5. The van der Waals surface area contributed by atoms with Crippen LogP contribution in [0.15, 0.2) is 24.5 Å². The maximum absolute atomic E-state index is 10.6. The lowest BCUT2D eigenvalue weighted by Crippen LogP contribution is -1.97. The second-order valence-electron chi connectivity index (χ2n) is 3.80. The zero-order valence-electron chi connectivity index (χ0n) is 9.24. The first-order chi connectivity index (χ1) is 8.22. The first-order valence-corrected chi connectivity index (χ1v) is 5.42. The van der Waals surface area contributed by atoms with Crippen LogP contribution in [0, 0.1) is 10.1 Å². The highest BCUT2D eigenvalue weighted by atomic mass is 16.6. The Balaban J connectivity index is 2.25. The summed E-state index contributed by atoms with van der Waals surface area (Å²) < 4.78 is 1.94. The lowest BCUT2D eigenvalue weighted by Gasteiger charge is -2.02. The Morgan fingerprint density at radius 1 is 1.41 bits per heavy atom. The minimum absolute atomic E-state index is 0.0538. The number of aryl methyl sites for hydroxylation is 1. The Labute approximate surface area is 97.7 Å². The monoisotopic (exact) mass is 235 g/mol. The molecule has 0 aliphatic heterocycles. The second kappa shape index (κ2) is 4.92. The molecule has 0 fully saturated rings. The first-order valence-electron chi connectivity index (χ1n) is 5.42. The molecule has 0 bridgehead atoms. The molecule has 0 saturated heterocycles. The van der Waals surface area contributed by atoms with Gasteiger partial charge in [-0.3, -0.25) is 10.1 Å². The molecule has 0 spiro atoms. The average molecular weight is 235 g/mol. The van der Waals surface area contributed by atoms with Crippen LogP contribution in [0.2, 0.25) is 0 Å². The summed E-state index contributed by atoms with van der Waals surface area (Å²) in [6.45, 7) is 0.937. The Morgan fingerprint density at radius 3 is 2.94 bits per heavy atom. The second-order valence-corrected chi connectivity index (χ2v) is 3.80. The summed E-state index contributed by atoms with van der Waals surface area (Å²) in [6, 6.07) is 4.66. The van der Waals surface area contributed by atoms with Crippen LogP contribution >= 0.6 is 0 Å². The standard InChI is InChI=1S/C11H13N3O3/c15-6-2-1-5-13-8-12-10-7-9(14(16)17)3-4-11(10)13/h3-4,7-8,15H,1-2,5-6H2. The number of rotatable bonds is 5. The van der Waals surface area contributed by atoms with Crippen LogP contribution in [0.25, 0.3) is 11.0 Å². The van der Waals surface area contributed by atoms with E-state index >= 15 is 0 Å². The van der Waals surface area contributed by atoms with E-state index in [-0.39, 0.29) is 12.3 Å². The number of nitro groups is 1. The molecular formula is C11H13N3O3. The molecule has 1 N–H and O–H groups in total. The van der Waals surface area contributed by atoms with Gasteiger partial charge in [0.2, 0.25) is 0 Å². The number of aliphatic hydroxyl groups is 1. The quantitative estimate of drug-likeness (QED) is 0.486. The fraction of sp³-hybridized carbons (Fsp3) is 0.364. The fourth-order valence-electron chi connectivity index (χ4n) is 1.74. The summed E-state index contributed by atoms with van der Waals surface area (Å²) in [5, 5.41) is 19.3. The van der Waals surface area contributed by atoms with E-state index < -0.39 is 4.92 Å². The van der Waals surface area contributed by atoms with Gasteiger partial charge in [-0.25, -0.2) is 4.98 Å². The van der Waals surface area contributed by atoms with E-state index in [2.05, 4.69) is 4.98 Å². The summed E-state index contributed by atoms with van der Waals surface area (Å²) in [6.07, 6.45) is 3.28. The molecule has 0 aliphatic carbocycles. The molecular weight excluding hydrogens is 222 g/mol. The summed E-state index contributed by atoms with van der Waals surface area (Å²) in [7, 11) is 0. The SMILES string of the molecule is O=[N+]([O-])c1ccc2c(c1)ncn2CCCCO. The van der Waals surface area contributed by atoms with Crippen LogP contribution in [0.5, 0.6) is 0 Å². The minimum Gasteiger partial charge on any atom is -0.396 e. The van der Waals surface area contributed by atoms with Gasteiger partial charge < -0.3 is 9.67 Å². The number of hydrogen-bond acceptors (Lipinski definition) is 4. The van der Waals surface area contributed by atoms with Crippen molar-refractivity contribution in [2.45, 2.75) is 19.4 Å². The third kappa shape index (κ3) is 2.42. The zero-order valence-corrected chi connectivity index (χ0v) is 9.24. The van der Waals surface area contributed by atoms with Gasteiger partial charge >= 0.3 is 0 Å². The summed E-state index contributed by atoms with van der Waals surface area (Å²) in [5.41, 5.74) is 1.56. The predicted molar refractivity (Wildman–Crippen MR) is 62.7 cm³/mol. The van der Waals surface area contributed by atoms with Crippen LogP contribution in [0.1, 0.15) is 12.8 Å². The van der Waals surface area contributed by atoms with Crippen molar-refractivity contribution in [1.82, 2.24) is 9.55 Å². The number of nitro benzene ring substituents is 1. The van der Waals surface area contributed by atoms with E-state index in [1.165, 1.54) is 12.1 Å². The Hall–Kier alpha value is -1.95.